The number of amides is 1. The van der Waals surface area contributed by atoms with Crippen LogP contribution in [0, 0.1) is 5.92 Å². The smallest absolute Gasteiger partial charge is 0.338 e. The first-order valence-electron chi connectivity index (χ1n) is 8.45. The highest BCUT2D eigenvalue weighted by Gasteiger charge is 2.19. The topological polar surface area (TPSA) is 64.6 Å². The average molecular weight is 410 g/mol. The third kappa shape index (κ3) is 6.77. The van der Waals surface area contributed by atoms with Crippen molar-refractivity contribution in [2.45, 2.75) is 26.9 Å². The molecule has 0 spiro atoms. The van der Waals surface area contributed by atoms with E-state index in [0.717, 1.165) is 0 Å². The molecule has 0 bridgehead atoms. The lowest BCUT2D eigenvalue weighted by molar-refractivity contribution is -0.123. The number of anilines is 1. The fraction of sp³-hybridized carbons (Fsp3) is 0.300. The van der Waals surface area contributed by atoms with Gasteiger partial charge in [-0.3, -0.25) is 4.79 Å². The van der Waals surface area contributed by atoms with Gasteiger partial charge in [-0.05, 0) is 55.3 Å². The molecule has 0 aliphatic heterocycles. The molecule has 0 unspecified atom stereocenters. The zero-order chi connectivity index (χ0) is 20.0. The Labute approximate surface area is 168 Å². The molecule has 0 aliphatic rings. The molecule has 0 fully saturated rings. The second-order valence-electron chi connectivity index (χ2n) is 6.42. The SMILES string of the molecule is CC(C)COc1ccc(C(=O)O[C@H](C)C(=O)Nc2cc(Cl)cc(Cl)c2)cc1. The Hall–Kier alpha value is -2.24. The van der Waals surface area contributed by atoms with Crippen molar-refractivity contribution >= 4 is 40.8 Å². The molecule has 0 saturated heterocycles. The molecule has 0 aliphatic carbocycles. The van der Waals surface area contributed by atoms with E-state index in [9.17, 15) is 9.59 Å². The Morgan fingerprint density at radius 2 is 1.59 bits per heavy atom. The van der Waals surface area contributed by atoms with Gasteiger partial charge in [0, 0.05) is 15.7 Å². The van der Waals surface area contributed by atoms with Crippen molar-refractivity contribution in [3.05, 3.63) is 58.1 Å². The van der Waals surface area contributed by atoms with Gasteiger partial charge >= 0.3 is 5.97 Å². The predicted octanol–water partition coefficient (Wildman–Crippen LogP) is 5.21. The van der Waals surface area contributed by atoms with Gasteiger partial charge < -0.3 is 14.8 Å². The van der Waals surface area contributed by atoms with Crippen molar-refractivity contribution in [1.82, 2.24) is 0 Å². The van der Waals surface area contributed by atoms with Crippen LogP contribution in [0.2, 0.25) is 10.0 Å². The summed E-state index contributed by atoms with van der Waals surface area (Å²) in [4.78, 5) is 24.4. The summed E-state index contributed by atoms with van der Waals surface area (Å²) in [7, 11) is 0. The number of carbonyl (C=O) groups excluding carboxylic acids is 2. The van der Waals surface area contributed by atoms with Crippen LogP contribution in [0.3, 0.4) is 0 Å². The van der Waals surface area contributed by atoms with E-state index < -0.39 is 18.0 Å². The lowest BCUT2D eigenvalue weighted by atomic mass is 10.2. The molecular formula is C20H21Cl2NO4. The zero-order valence-electron chi connectivity index (χ0n) is 15.3. The van der Waals surface area contributed by atoms with Crippen molar-refractivity contribution in [2.24, 2.45) is 5.92 Å². The van der Waals surface area contributed by atoms with Gasteiger partial charge in [-0.25, -0.2) is 4.79 Å². The van der Waals surface area contributed by atoms with Crippen molar-refractivity contribution in [2.75, 3.05) is 11.9 Å². The Bertz CT molecular complexity index is 786. The quantitative estimate of drug-likeness (QED) is 0.637. The summed E-state index contributed by atoms with van der Waals surface area (Å²) in [6.07, 6.45) is -0.993. The Kier molecular flexibility index (Phi) is 7.51. The second kappa shape index (κ2) is 9.62. The number of esters is 1. The molecule has 0 saturated carbocycles. The maximum atomic E-state index is 12.2. The highest BCUT2D eigenvalue weighted by molar-refractivity contribution is 6.35. The number of halogens is 2. The number of hydrogen-bond acceptors (Lipinski definition) is 4. The predicted molar refractivity (Wildman–Crippen MR) is 107 cm³/mol. The summed E-state index contributed by atoms with van der Waals surface area (Å²) in [5.41, 5.74) is 0.754. The van der Waals surface area contributed by atoms with Gasteiger partial charge in [-0.1, -0.05) is 37.0 Å². The number of hydrogen-bond donors (Lipinski definition) is 1. The summed E-state index contributed by atoms with van der Waals surface area (Å²) in [6, 6.07) is 11.2. The van der Waals surface area contributed by atoms with Crippen LogP contribution in [0.5, 0.6) is 5.75 Å². The zero-order valence-corrected chi connectivity index (χ0v) is 16.8. The first-order chi connectivity index (χ1) is 12.7. The van der Waals surface area contributed by atoms with Gasteiger partial charge in [0.15, 0.2) is 6.10 Å². The van der Waals surface area contributed by atoms with Gasteiger partial charge in [0.2, 0.25) is 0 Å². The molecule has 1 atom stereocenters. The van der Waals surface area contributed by atoms with E-state index >= 15 is 0 Å². The van der Waals surface area contributed by atoms with E-state index in [4.69, 9.17) is 32.7 Å². The van der Waals surface area contributed by atoms with Crippen LogP contribution in [0.4, 0.5) is 5.69 Å². The fourth-order valence-electron chi connectivity index (χ4n) is 2.10. The van der Waals surface area contributed by atoms with Crippen LogP contribution in [-0.2, 0) is 9.53 Å². The Balaban J connectivity index is 1.92. The number of benzene rings is 2. The molecular weight excluding hydrogens is 389 g/mol. The molecule has 2 aromatic carbocycles. The molecule has 0 aromatic heterocycles. The largest absolute Gasteiger partial charge is 0.493 e. The summed E-state index contributed by atoms with van der Waals surface area (Å²) in [6.45, 7) is 6.18. The van der Waals surface area contributed by atoms with E-state index in [2.05, 4.69) is 19.2 Å². The van der Waals surface area contributed by atoms with Crippen LogP contribution in [-0.4, -0.2) is 24.6 Å². The maximum absolute atomic E-state index is 12.2. The summed E-state index contributed by atoms with van der Waals surface area (Å²) < 4.78 is 10.8. The molecule has 1 amide bonds. The molecule has 2 aromatic rings. The number of carbonyl (C=O) groups is 2. The first-order valence-corrected chi connectivity index (χ1v) is 9.21. The molecule has 0 radical (unpaired) electrons. The molecule has 2 rings (SSSR count). The van der Waals surface area contributed by atoms with Crippen LogP contribution in [0.25, 0.3) is 0 Å². The number of rotatable bonds is 7. The summed E-state index contributed by atoms with van der Waals surface area (Å²) >= 11 is 11.8. The standard InChI is InChI=1S/C20H21Cl2NO4/c1-12(2)11-26-18-6-4-14(5-7-18)20(25)27-13(3)19(24)23-17-9-15(21)8-16(22)10-17/h4-10,12-13H,11H2,1-3H3,(H,23,24)/t13-/m1/s1. The maximum Gasteiger partial charge on any atom is 0.338 e. The second-order valence-corrected chi connectivity index (χ2v) is 7.30. The van der Waals surface area contributed by atoms with Gasteiger partial charge in [0.05, 0.1) is 12.2 Å². The minimum absolute atomic E-state index is 0.331. The minimum atomic E-state index is -0.993. The van der Waals surface area contributed by atoms with E-state index in [1.54, 1.807) is 42.5 Å². The molecule has 7 heteroatoms. The highest BCUT2D eigenvalue weighted by Crippen LogP contribution is 2.22. The number of nitrogens with one attached hydrogen (secondary N) is 1. The summed E-state index contributed by atoms with van der Waals surface area (Å²) in [5, 5.41) is 3.39. The molecule has 27 heavy (non-hydrogen) atoms. The van der Waals surface area contributed by atoms with Crippen molar-refractivity contribution in [3.8, 4) is 5.75 Å². The van der Waals surface area contributed by atoms with Crippen molar-refractivity contribution in [1.29, 1.82) is 0 Å². The van der Waals surface area contributed by atoms with Gasteiger partial charge in [-0.15, -0.1) is 0 Å². The number of ether oxygens (including phenoxy) is 2. The lowest BCUT2D eigenvalue weighted by Crippen LogP contribution is -2.30. The third-order valence-electron chi connectivity index (χ3n) is 3.46. The van der Waals surface area contributed by atoms with Crippen molar-refractivity contribution < 1.29 is 19.1 Å². The minimum Gasteiger partial charge on any atom is -0.493 e. The highest BCUT2D eigenvalue weighted by atomic mass is 35.5. The normalized spacial score (nSPS) is 11.8. The van der Waals surface area contributed by atoms with E-state index in [1.165, 1.54) is 6.92 Å². The van der Waals surface area contributed by atoms with Crippen LogP contribution < -0.4 is 10.1 Å². The third-order valence-corrected chi connectivity index (χ3v) is 3.89. The lowest BCUT2D eigenvalue weighted by Gasteiger charge is -2.14. The van der Waals surface area contributed by atoms with Crippen molar-refractivity contribution in [3.63, 3.8) is 0 Å². The Morgan fingerprint density at radius 1 is 1.00 bits per heavy atom. The molecule has 144 valence electrons. The molecule has 5 nitrogen and oxygen atoms in total. The average Bonchev–Trinajstić information content (AvgIpc) is 2.59. The van der Waals surface area contributed by atoms with Crippen LogP contribution >= 0.6 is 23.2 Å². The summed E-state index contributed by atoms with van der Waals surface area (Å²) in [5.74, 6) is -0.0111. The van der Waals surface area contributed by atoms with E-state index in [0.29, 0.717) is 39.6 Å². The Morgan fingerprint density at radius 3 is 2.15 bits per heavy atom. The van der Waals surface area contributed by atoms with Gasteiger partial charge in [0.25, 0.3) is 5.91 Å². The van der Waals surface area contributed by atoms with E-state index in [-0.39, 0.29) is 0 Å². The van der Waals surface area contributed by atoms with Gasteiger partial charge in [0.1, 0.15) is 5.75 Å². The molecule has 0 heterocycles. The first kappa shape index (κ1) is 21.1. The van der Waals surface area contributed by atoms with Gasteiger partial charge in [-0.2, -0.15) is 0 Å². The monoisotopic (exact) mass is 409 g/mol. The molecule has 1 N–H and O–H groups in total. The van der Waals surface area contributed by atoms with Crippen LogP contribution in [0.15, 0.2) is 42.5 Å². The fourth-order valence-corrected chi connectivity index (χ4v) is 2.63. The van der Waals surface area contributed by atoms with E-state index in [1.807, 2.05) is 0 Å². The van der Waals surface area contributed by atoms with Crippen LogP contribution in [0.1, 0.15) is 31.1 Å².